The summed E-state index contributed by atoms with van der Waals surface area (Å²) in [6.45, 7) is 2.38. The summed E-state index contributed by atoms with van der Waals surface area (Å²) in [5, 5.41) is 9.28. The molecule has 0 atom stereocenters. The molecule has 0 aliphatic carbocycles. The molecule has 3 amide bonds. The van der Waals surface area contributed by atoms with Crippen molar-refractivity contribution in [2.45, 2.75) is 6.92 Å². The van der Waals surface area contributed by atoms with Crippen LogP contribution in [-0.2, 0) is 0 Å². The fourth-order valence-electron chi connectivity index (χ4n) is 3.58. The summed E-state index contributed by atoms with van der Waals surface area (Å²) < 4.78 is 5.41. The molecule has 1 aliphatic heterocycles. The molecule has 4 aromatic rings. The van der Waals surface area contributed by atoms with Crippen molar-refractivity contribution in [3.05, 3.63) is 83.6 Å². The highest BCUT2D eigenvalue weighted by atomic mass is 16.5. The third kappa shape index (κ3) is 3.77. The highest BCUT2D eigenvalue weighted by Crippen LogP contribution is 2.30. The number of pyridine rings is 1. The molecule has 0 fully saturated rings. The van der Waals surface area contributed by atoms with E-state index >= 15 is 0 Å². The van der Waals surface area contributed by atoms with Crippen LogP contribution in [0.25, 0.3) is 11.5 Å². The Balaban J connectivity index is 1.35. The number of aromatic nitrogens is 4. The summed E-state index contributed by atoms with van der Waals surface area (Å²) in [6.07, 6.45) is 1.62. The smallest absolute Gasteiger partial charge is 0.266 e. The molecule has 168 valence electrons. The first-order chi connectivity index (χ1) is 16.5. The second-order valence-corrected chi connectivity index (χ2v) is 7.31. The van der Waals surface area contributed by atoms with Crippen molar-refractivity contribution in [1.82, 2.24) is 20.2 Å². The van der Waals surface area contributed by atoms with Crippen LogP contribution in [0, 0.1) is 0 Å². The van der Waals surface area contributed by atoms with Crippen molar-refractivity contribution < 1.29 is 19.1 Å². The topological polar surface area (TPSA) is 130 Å². The van der Waals surface area contributed by atoms with Crippen LogP contribution in [0.15, 0.2) is 66.9 Å². The van der Waals surface area contributed by atoms with Crippen molar-refractivity contribution in [1.29, 1.82) is 0 Å². The number of carbonyl (C=O) groups excluding carboxylic acids is 3. The fraction of sp³-hybridized carbons (Fsp3) is 0.0833. The number of hydrogen-bond donors (Lipinski definition) is 2. The van der Waals surface area contributed by atoms with E-state index in [0.717, 1.165) is 4.90 Å². The number of carbonyl (C=O) groups is 3. The molecular formula is C24H18N6O4. The van der Waals surface area contributed by atoms with Crippen LogP contribution in [-0.4, -0.2) is 44.5 Å². The number of hydrogen-bond acceptors (Lipinski definition) is 7. The number of benzene rings is 2. The first-order valence-electron chi connectivity index (χ1n) is 10.5. The Labute approximate surface area is 193 Å². The van der Waals surface area contributed by atoms with Gasteiger partial charge in [0.1, 0.15) is 11.4 Å². The lowest BCUT2D eigenvalue weighted by molar-refractivity contribution is 0.0925. The number of nitrogens with zero attached hydrogens (tertiary/aromatic N) is 4. The summed E-state index contributed by atoms with van der Waals surface area (Å²) in [6, 6.07) is 16.4. The Hall–Kier alpha value is -4.86. The number of amides is 3. The van der Waals surface area contributed by atoms with Gasteiger partial charge in [0.25, 0.3) is 17.7 Å². The molecule has 0 saturated heterocycles. The van der Waals surface area contributed by atoms with Gasteiger partial charge in [-0.2, -0.15) is 4.98 Å². The van der Waals surface area contributed by atoms with Gasteiger partial charge in [0.2, 0.25) is 5.95 Å². The van der Waals surface area contributed by atoms with Crippen LogP contribution in [0.5, 0.6) is 5.75 Å². The lowest BCUT2D eigenvalue weighted by Crippen LogP contribution is -2.29. The zero-order valence-electron chi connectivity index (χ0n) is 18.0. The maximum absolute atomic E-state index is 13.0. The van der Waals surface area contributed by atoms with Gasteiger partial charge in [-0.3, -0.25) is 29.8 Å². The first-order valence-corrected chi connectivity index (χ1v) is 10.5. The Morgan fingerprint density at radius 1 is 1.03 bits per heavy atom. The first kappa shape index (κ1) is 21.0. The van der Waals surface area contributed by atoms with E-state index in [1.54, 1.807) is 42.6 Å². The van der Waals surface area contributed by atoms with E-state index in [-0.39, 0.29) is 22.6 Å². The summed E-state index contributed by atoms with van der Waals surface area (Å²) >= 11 is 0. The van der Waals surface area contributed by atoms with Crippen molar-refractivity contribution in [2.24, 2.45) is 0 Å². The molecule has 0 unspecified atom stereocenters. The van der Waals surface area contributed by atoms with Crippen molar-refractivity contribution in [2.75, 3.05) is 16.8 Å². The molecule has 3 heterocycles. The van der Waals surface area contributed by atoms with Gasteiger partial charge in [-0.25, -0.2) is 4.90 Å². The summed E-state index contributed by atoms with van der Waals surface area (Å²) in [5.41, 5.74) is 1.56. The number of imide groups is 1. The molecule has 10 heteroatoms. The van der Waals surface area contributed by atoms with Gasteiger partial charge < -0.3 is 4.74 Å². The van der Waals surface area contributed by atoms with E-state index in [2.05, 4.69) is 25.5 Å². The Kier molecular flexibility index (Phi) is 5.30. The van der Waals surface area contributed by atoms with E-state index in [1.807, 2.05) is 13.0 Å². The highest BCUT2D eigenvalue weighted by molar-refractivity contribution is 6.34. The average molecular weight is 454 g/mol. The minimum atomic E-state index is -0.519. The molecule has 10 nitrogen and oxygen atoms in total. The number of ether oxygens (including phenoxy) is 1. The summed E-state index contributed by atoms with van der Waals surface area (Å²) in [5.74, 6) is -0.380. The largest absolute Gasteiger partial charge is 0.494 e. The van der Waals surface area contributed by atoms with E-state index in [0.29, 0.717) is 29.6 Å². The maximum atomic E-state index is 13.0. The van der Waals surface area contributed by atoms with Crippen molar-refractivity contribution in [3.63, 3.8) is 0 Å². The molecule has 0 radical (unpaired) electrons. The van der Waals surface area contributed by atoms with Crippen LogP contribution in [0.4, 0.5) is 11.6 Å². The minimum Gasteiger partial charge on any atom is -0.494 e. The van der Waals surface area contributed by atoms with E-state index in [9.17, 15) is 14.4 Å². The Bertz CT molecular complexity index is 1400. The zero-order chi connectivity index (χ0) is 23.7. The second-order valence-electron chi connectivity index (χ2n) is 7.31. The molecule has 0 saturated carbocycles. The maximum Gasteiger partial charge on any atom is 0.266 e. The average Bonchev–Trinajstić information content (AvgIpc) is 3.43. The van der Waals surface area contributed by atoms with Crippen LogP contribution < -0.4 is 15.0 Å². The number of anilines is 2. The third-order valence-electron chi connectivity index (χ3n) is 5.17. The molecular weight excluding hydrogens is 436 g/mol. The molecule has 2 N–H and O–H groups in total. The van der Waals surface area contributed by atoms with Crippen molar-refractivity contribution in [3.8, 4) is 17.3 Å². The van der Waals surface area contributed by atoms with E-state index in [1.165, 1.54) is 18.2 Å². The van der Waals surface area contributed by atoms with Crippen LogP contribution in [0.3, 0.4) is 0 Å². The van der Waals surface area contributed by atoms with Gasteiger partial charge in [-0.15, -0.1) is 5.10 Å². The van der Waals surface area contributed by atoms with Gasteiger partial charge in [0.05, 0.1) is 23.4 Å². The van der Waals surface area contributed by atoms with Gasteiger partial charge in [-0.05, 0) is 61.5 Å². The lowest BCUT2D eigenvalue weighted by Gasteiger charge is -2.14. The SMILES string of the molecule is CCOc1ccc(N2C(=O)c3ccc(C(=O)Nc4n[nH]c(-c5ccccn5)n4)cc3C2=O)cc1. The number of fused-ring (bicyclic) bond motifs is 1. The minimum absolute atomic E-state index is 0.0598. The number of aromatic amines is 1. The molecule has 0 bridgehead atoms. The van der Waals surface area contributed by atoms with Gasteiger partial charge in [-0.1, -0.05) is 6.07 Å². The molecule has 2 aromatic heterocycles. The lowest BCUT2D eigenvalue weighted by atomic mass is 10.1. The summed E-state index contributed by atoms with van der Waals surface area (Å²) in [4.78, 5) is 48.1. The van der Waals surface area contributed by atoms with E-state index < -0.39 is 17.7 Å². The molecule has 0 spiro atoms. The van der Waals surface area contributed by atoms with Gasteiger partial charge in [0.15, 0.2) is 5.82 Å². The zero-order valence-corrected chi connectivity index (χ0v) is 18.0. The van der Waals surface area contributed by atoms with E-state index in [4.69, 9.17) is 4.74 Å². The molecule has 1 aliphatic rings. The van der Waals surface area contributed by atoms with Crippen LogP contribution >= 0.6 is 0 Å². The van der Waals surface area contributed by atoms with Gasteiger partial charge >= 0.3 is 0 Å². The molecule has 5 rings (SSSR count). The van der Waals surface area contributed by atoms with Crippen LogP contribution in [0.1, 0.15) is 38.0 Å². The highest BCUT2D eigenvalue weighted by Gasteiger charge is 2.37. The summed E-state index contributed by atoms with van der Waals surface area (Å²) in [7, 11) is 0. The van der Waals surface area contributed by atoms with Gasteiger partial charge in [0, 0.05) is 11.8 Å². The third-order valence-corrected chi connectivity index (χ3v) is 5.17. The standard InChI is InChI=1S/C24H18N6O4/c1-2-34-16-9-7-15(8-10-16)30-22(32)17-11-6-14(13-18(17)23(30)33)21(31)27-24-26-20(28-29-24)19-5-3-4-12-25-19/h3-13H,2H2,1H3,(H2,26,27,28,29,31). The number of H-pyrrole nitrogens is 1. The quantitative estimate of drug-likeness (QED) is 0.427. The van der Waals surface area contributed by atoms with Crippen molar-refractivity contribution >= 4 is 29.4 Å². The fourth-order valence-corrected chi connectivity index (χ4v) is 3.58. The normalized spacial score (nSPS) is 12.6. The van der Waals surface area contributed by atoms with Crippen LogP contribution in [0.2, 0.25) is 0 Å². The predicted octanol–water partition coefficient (Wildman–Crippen LogP) is 3.32. The Morgan fingerprint density at radius 2 is 1.82 bits per heavy atom. The molecule has 34 heavy (non-hydrogen) atoms. The Morgan fingerprint density at radius 3 is 2.56 bits per heavy atom. The predicted molar refractivity (Wildman–Crippen MR) is 123 cm³/mol. The molecule has 2 aromatic carbocycles. The monoisotopic (exact) mass is 454 g/mol. The second kappa shape index (κ2) is 8.58. The number of rotatable bonds is 6. The number of nitrogens with one attached hydrogen (secondary N) is 2.